The predicted molar refractivity (Wildman–Crippen MR) is 92.8 cm³/mol. The van der Waals surface area contributed by atoms with Crippen LogP contribution in [0.4, 0.5) is 0 Å². The van der Waals surface area contributed by atoms with E-state index < -0.39 is 0 Å². The Morgan fingerprint density at radius 1 is 1.24 bits per heavy atom. The lowest BCUT2D eigenvalue weighted by molar-refractivity contribution is 0.280. The molecule has 0 unspecified atom stereocenters. The number of hydrogen-bond acceptors (Lipinski definition) is 2. The molecule has 2 nitrogen and oxygen atoms in total. The van der Waals surface area contributed by atoms with E-state index in [0.29, 0.717) is 0 Å². The highest BCUT2D eigenvalue weighted by Crippen LogP contribution is 2.28. The van der Waals surface area contributed by atoms with Crippen LogP contribution in [0.1, 0.15) is 51.5 Å². The van der Waals surface area contributed by atoms with Gasteiger partial charge in [-0.25, -0.2) is 0 Å². The van der Waals surface area contributed by atoms with Gasteiger partial charge in [0, 0.05) is 16.6 Å². The highest BCUT2D eigenvalue weighted by Gasteiger charge is 2.17. The van der Waals surface area contributed by atoms with Gasteiger partial charge in [0.25, 0.3) is 0 Å². The minimum Gasteiger partial charge on any atom is -0.493 e. The van der Waals surface area contributed by atoms with Gasteiger partial charge in [0.05, 0.1) is 6.61 Å². The second-order valence-corrected chi connectivity index (χ2v) is 7.27. The molecule has 0 saturated heterocycles. The standard InChI is InChI=1S/C18H28BrNO/c1-3-10-21-18-9-8-17(19)11-16(18)13-20-12-15-6-4-14(2)5-7-15/h8-9,11,14-15,20H,3-7,10,12-13H2,1-2H3. The molecule has 0 aromatic heterocycles. The van der Waals surface area contributed by atoms with E-state index in [1.54, 1.807) is 0 Å². The fourth-order valence-corrected chi connectivity index (χ4v) is 3.39. The monoisotopic (exact) mass is 353 g/mol. The van der Waals surface area contributed by atoms with Crippen LogP contribution in [-0.4, -0.2) is 13.2 Å². The maximum Gasteiger partial charge on any atom is 0.123 e. The van der Waals surface area contributed by atoms with Crippen LogP contribution in [0, 0.1) is 11.8 Å². The van der Waals surface area contributed by atoms with E-state index in [2.05, 4.69) is 53.3 Å². The molecular formula is C18H28BrNO. The average molecular weight is 354 g/mol. The topological polar surface area (TPSA) is 21.3 Å². The minimum atomic E-state index is 0.787. The molecule has 0 radical (unpaired) electrons. The van der Waals surface area contributed by atoms with E-state index in [4.69, 9.17) is 4.74 Å². The molecule has 118 valence electrons. The number of ether oxygens (including phenoxy) is 1. The van der Waals surface area contributed by atoms with Crippen molar-refractivity contribution in [3.05, 3.63) is 28.2 Å². The van der Waals surface area contributed by atoms with Crippen molar-refractivity contribution in [3.8, 4) is 5.75 Å². The van der Waals surface area contributed by atoms with Gasteiger partial charge < -0.3 is 10.1 Å². The maximum absolute atomic E-state index is 5.84. The summed E-state index contributed by atoms with van der Waals surface area (Å²) in [5, 5.41) is 3.63. The molecule has 0 atom stereocenters. The van der Waals surface area contributed by atoms with Crippen molar-refractivity contribution in [3.63, 3.8) is 0 Å². The van der Waals surface area contributed by atoms with Crippen LogP contribution in [0.25, 0.3) is 0 Å². The molecule has 0 amide bonds. The number of nitrogens with one attached hydrogen (secondary N) is 1. The number of benzene rings is 1. The van der Waals surface area contributed by atoms with Crippen molar-refractivity contribution < 1.29 is 4.74 Å². The fraction of sp³-hybridized carbons (Fsp3) is 0.667. The van der Waals surface area contributed by atoms with E-state index in [1.165, 1.54) is 31.2 Å². The van der Waals surface area contributed by atoms with Gasteiger partial charge in [-0.05, 0) is 55.8 Å². The first-order valence-electron chi connectivity index (χ1n) is 8.31. The summed E-state index contributed by atoms with van der Waals surface area (Å²) >= 11 is 3.56. The van der Waals surface area contributed by atoms with Crippen LogP contribution < -0.4 is 10.1 Å². The molecule has 1 aliphatic carbocycles. The quantitative estimate of drug-likeness (QED) is 0.731. The summed E-state index contributed by atoms with van der Waals surface area (Å²) in [4.78, 5) is 0. The van der Waals surface area contributed by atoms with Gasteiger partial charge in [0.1, 0.15) is 5.75 Å². The van der Waals surface area contributed by atoms with E-state index in [0.717, 1.165) is 48.2 Å². The van der Waals surface area contributed by atoms with Crippen LogP contribution in [0.3, 0.4) is 0 Å². The van der Waals surface area contributed by atoms with Crippen molar-refractivity contribution in [1.82, 2.24) is 5.32 Å². The fourth-order valence-electron chi connectivity index (χ4n) is 2.98. The first-order valence-corrected chi connectivity index (χ1v) is 9.10. The van der Waals surface area contributed by atoms with E-state index in [1.807, 2.05) is 0 Å². The molecule has 1 aromatic carbocycles. The van der Waals surface area contributed by atoms with Gasteiger partial charge in [-0.2, -0.15) is 0 Å². The Hall–Kier alpha value is -0.540. The number of halogens is 1. The molecule has 21 heavy (non-hydrogen) atoms. The molecule has 0 spiro atoms. The zero-order chi connectivity index (χ0) is 15.1. The van der Waals surface area contributed by atoms with Crippen LogP contribution in [-0.2, 0) is 6.54 Å². The molecule has 0 aliphatic heterocycles. The summed E-state index contributed by atoms with van der Waals surface area (Å²) in [7, 11) is 0. The molecule has 2 rings (SSSR count). The van der Waals surface area contributed by atoms with Gasteiger partial charge in [0.15, 0.2) is 0 Å². The highest BCUT2D eigenvalue weighted by atomic mass is 79.9. The third kappa shape index (κ3) is 5.63. The molecule has 0 heterocycles. The second-order valence-electron chi connectivity index (χ2n) is 6.36. The Kier molecular flexibility index (Phi) is 7.05. The number of rotatable bonds is 7. The first-order chi connectivity index (χ1) is 10.2. The maximum atomic E-state index is 5.84. The number of hydrogen-bond donors (Lipinski definition) is 1. The highest BCUT2D eigenvalue weighted by molar-refractivity contribution is 9.10. The Balaban J connectivity index is 1.82. The minimum absolute atomic E-state index is 0.787. The smallest absolute Gasteiger partial charge is 0.123 e. The van der Waals surface area contributed by atoms with Crippen LogP contribution >= 0.6 is 15.9 Å². The average Bonchev–Trinajstić information content (AvgIpc) is 2.48. The zero-order valence-electron chi connectivity index (χ0n) is 13.3. The normalized spacial score (nSPS) is 22.2. The van der Waals surface area contributed by atoms with E-state index >= 15 is 0 Å². The summed E-state index contributed by atoms with van der Waals surface area (Å²) in [5.74, 6) is 2.80. The molecular weight excluding hydrogens is 326 g/mol. The molecule has 0 bridgehead atoms. The Morgan fingerprint density at radius 2 is 2.00 bits per heavy atom. The molecule has 3 heteroatoms. The van der Waals surface area contributed by atoms with E-state index in [-0.39, 0.29) is 0 Å². The van der Waals surface area contributed by atoms with Crippen LogP contribution in [0.5, 0.6) is 5.75 Å². The summed E-state index contributed by atoms with van der Waals surface area (Å²) in [6.07, 6.45) is 6.60. The zero-order valence-corrected chi connectivity index (χ0v) is 14.9. The summed E-state index contributed by atoms with van der Waals surface area (Å²) in [6, 6.07) is 6.29. The Morgan fingerprint density at radius 3 is 2.71 bits per heavy atom. The predicted octanol–water partition coefficient (Wildman–Crippen LogP) is 5.15. The van der Waals surface area contributed by atoms with Crippen LogP contribution in [0.2, 0.25) is 0 Å². The van der Waals surface area contributed by atoms with E-state index in [9.17, 15) is 0 Å². The van der Waals surface area contributed by atoms with Gasteiger partial charge >= 0.3 is 0 Å². The lowest BCUT2D eigenvalue weighted by Crippen LogP contribution is -2.26. The molecule has 1 aliphatic rings. The first kappa shape index (κ1) is 16.8. The van der Waals surface area contributed by atoms with Gasteiger partial charge in [-0.15, -0.1) is 0 Å². The van der Waals surface area contributed by atoms with Gasteiger partial charge in [0.2, 0.25) is 0 Å². The molecule has 1 aromatic rings. The van der Waals surface area contributed by atoms with Gasteiger partial charge in [-0.3, -0.25) is 0 Å². The molecule has 1 fully saturated rings. The lowest BCUT2D eigenvalue weighted by atomic mass is 9.83. The van der Waals surface area contributed by atoms with Crippen molar-refractivity contribution in [2.24, 2.45) is 11.8 Å². The van der Waals surface area contributed by atoms with Gasteiger partial charge in [-0.1, -0.05) is 42.6 Å². The summed E-state index contributed by atoms with van der Waals surface area (Å²) in [5.41, 5.74) is 1.25. The SMILES string of the molecule is CCCOc1ccc(Br)cc1CNCC1CCC(C)CC1. The molecule has 1 N–H and O–H groups in total. The second kappa shape index (κ2) is 8.79. The van der Waals surface area contributed by atoms with Crippen molar-refractivity contribution in [2.45, 2.75) is 52.5 Å². The largest absolute Gasteiger partial charge is 0.493 e. The van der Waals surface area contributed by atoms with Crippen molar-refractivity contribution in [2.75, 3.05) is 13.2 Å². The summed E-state index contributed by atoms with van der Waals surface area (Å²) in [6.45, 7) is 7.33. The molecule has 1 saturated carbocycles. The lowest BCUT2D eigenvalue weighted by Gasteiger charge is -2.26. The van der Waals surface area contributed by atoms with Crippen molar-refractivity contribution >= 4 is 15.9 Å². The van der Waals surface area contributed by atoms with Crippen molar-refractivity contribution in [1.29, 1.82) is 0 Å². The third-order valence-corrected chi connectivity index (χ3v) is 4.86. The van der Waals surface area contributed by atoms with Crippen LogP contribution in [0.15, 0.2) is 22.7 Å². The third-order valence-electron chi connectivity index (χ3n) is 4.37. The summed E-state index contributed by atoms with van der Waals surface area (Å²) < 4.78 is 6.96. The Labute approximate surface area is 137 Å². The Bertz CT molecular complexity index is 427.